The second-order valence-electron chi connectivity index (χ2n) is 8.38. The van der Waals surface area contributed by atoms with Crippen molar-refractivity contribution in [3.8, 4) is 0 Å². The van der Waals surface area contributed by atoms with Crippen LogP contribution in [0, 0.1) is 0 Å². The minimum atomic E-state index is -0.556. The van der Waals surface area contributed by atoms with Crippen LogP contribution in [0.2, 0.25) is 0 Å². The molecule has 0 spiro atoms. The van der Waals surface area contributed by atoms with Crippen molar-refractivity contribution in [1.29, 1.82) is 0 Å². The summed E-state index contributed by atoms with van der Waals surface area (Å²) in [5, 5.41) is 6.58. The number of rotatable bonds is 6. The van der Waals surface area contributed by atoms with Crippen LogP contribution in [-0.2, 0) is 27.2 Å². The first kappa shape index (κ1) is 24.5. The van der Waals surface area contributed by atoms with Crippen LogP contribution in [0.15, 0.2) is 59.5 Å². The number of fused-ring (bicyclic) bond motifs is 1. The molecule has 2 aromatic carbocycles. The largest absolute Gasteiger partial charge is 0.465 e. The zero-order valence-corrected chi connectivity index (χ0v) is 21.9. The highest BCUT2D eigenvalue weighted by atomic mass is 32.2. The van der Waals surface area contributed by atoms with Crippen LogP contribution in [0.25, 0.3) is 0 Å². The lowest BCUT2D eigenvalue weighted by Crippen LogP contribution is -2.31. The lowest BCUT2D eigenvalue weighted by Gasteiger charge is -2.15. The molecule has 1 aliphatic carbocycles. The summed E-state index contributed by atoms with van der Waals surface area (Å²) in [5.74, 6) is -1.09. The molecule has 1 atom stereocenters. The number of anilines is 3. The molecule has 2 N–H and O–H groups in total. The highest BCUT2D eigenvalue weighted by Crippen LogP contribution is 2.44. The topological polar surface area (TPSA) is 87.7 Å². The third-order valence-electron chi connectivity index (χ3n) is 6.02. The molecule has 184 valence electrons. The minimum Gasteiger partial charge on any atom is -0.465 e. The maximum atomic E-state index is 13.3. The molecule has 1 aliphatic heterocycles. The fourth-order valence-electron chi connectivity index (χ4n) is 4.37. The smallest absolute Gasteiger partial charge is 0.341 e. The Hall–Kier alpha value is -3.21. The molecule has 1 fully saturated rings. The van der Waals surface area contributed by atoms with Crippen LogP contribution in [-0.4, -0.2) is 35.3 Å². The first-order valence-corrected chi connectivity index (χ1v) is 13.5. The third kappa shape index (κ3) is 4.88. The van der Waals surface area contributed by atoms with Gasteiger partial charge in [-0.3, -0.25) is 9.59 Å². The molecule has 2 heterocycles. The van der Waals surface area contributed by atoms with Gasteiger partial charge >= 0.3 is 5.97 Å². The summed E-state index contributed by atoms with van der Waals surface area (Å²) in [7, 11) is 1.32. The molecular formula is C26H23N3O4S3. The van der Waals surface area contributed by atoms with Crippen molar-refractivity contribution in [2.75, 3.05) is 22.6 Å². The van der Waals surface area contributed by atoms with E-state index in [1.807, 2.05) is 54.6 Å². The molecule has 1 saturated heterocycles. The predicted molar refractivity (Wildman–Crippen MR) is 147 cm³/mol. The van der Waals surface area contributed by atoms with Crippen LogP contribution < -0.4 is 15.5 Å². The Labute approximate surface area is 222 Å². The number of imide groups is 1. The molecule has 1 unspecified atom stereocenters. The Morgan fingerprint density at radius 3 is 2.44 bits per heavy atom. The van der Waals surface area contributed by atoms with Gasteiger partial charge in [-0.1, -0.05) is 18.2 Å². The van der Waals surface area contributed by atoms with Crippen molar-refractivity contribution in [2.24, 2.45) is 0 Å². The summed E-state index contributed by atoms with van der Waals surface area (Å²) in [4.78, 5) is 41.8. The molecule has 0 bridgehead atoms. The molecule has 36 heavy (non-hydrogen) atoms. The van der Waals surface area contributed by atoms with E-state index in [0.717, 1.165) is 46.0 Å². The number of methoxy groups -OCH3 is 1. The van der Waals surface area contributed by atoms with Crippen LogP contribution in [0.4, 0.5) is 16.4 Å². The molecule has 0 saturated carbocycles. The summed E-state index contributed by atoms with van der Waals surface area (Å²) >= 11 is 8.07. The third-order valence-corrected chi connectivity index (χ3v) is 8.70. The average Bonchev–Trinajstić information content (AvgIpc) is 3.53. The molecule has 10 heteroatoms. The van der Waals surface area contributed by atoms with Crippen molar-refractivity contribution in [2.45, 2.75) is 35.8 Å². The zero-order valence-electron chi connectivity index (χ0n) is 19.4. The Bertz CT molecular complexity index is 1340. The van der Waals surface area contributed by atoms with Gasteiger partial charge in [0.15, 0.2) is 5.11 Å². The summed E-state index contributed by atoms with van der Waals surface area (Å²) in [5.41, 5.74) is 2.99. The van der Waals surface area contributed by atoms with Gasteiger partial charge in [0.1, 0.15) is 5.00 Å². The van der Waals surface area contributed by atoms with E-state index < -0.39 is 11.2 Å². The first-order chi connectivity index (χ1) is 17.4. The van der Waals surface area contributed by atoms with Crippen molar-refractivity contribution in [3.05, 3.63) is 70.6 Å². The molecule has 3 aromatic rings. The monoisotopic (exact) mass is 537 g/mol. The van der Waals surface area contributed by atoms with Crippen molar-refractivity contribution >= 4 is 74.6 Å². The van der Waals surface area contributed by atoms with E-state index in [4.69, 9.17) is 17.0 Å². The second-order valence-corrected chi connectivity index (χ2v) is 11.1. The van der Waals surface area contributed by atoms with E-state index in [1.54, 1.807) is 0 Å². The van der Waals surface area contributed by atoms with Gasteiger partial charge in [-0.25, -0.2) is 9.69 Å². The second kappa shape index (κ2) is 10.4. The number of hydrogen-bond acceptors (Lipinski definition) is 7. The quantitative estimate of drug-likeness (QED) is 0.250. The van der Waals surface area contributed by atoms with Gasteiger partial charge in [0.05, 0.1) is 17.9 Å². The van der Waals surface area contributed by atoms with Gasteiger partial charge in [0, 0.05) is 27.6 Å². The molecule has 1 aromatic heterocycles. The molecule has 5 rings (SSSR count). The van der Waals surface area contributed by atoms with Gasteiger partial charge in [0.2, 0.25) is 11.8 Å². The number of thioether (sulfide) groups is 1. The van der Waals surface area contributed by atoms with Gasteiger partial charge in [-0.2, -0.15) is 0 Å². The molecule has 2 aliphatic rings. The van der Waals surface area contributed by atoms with E-state index in [0.29, 0.717) is 15.7 Å². The molecular weight excluding hydrogens is 515 g/mol. The number of nitrogens with zero attached hydrogens (tertiary/aromatic N) is 1. The van der Waals surface area contributed by atoms with Crippen LogP contribution >= 0.6 is 35.3 Å². The number of esters is 1. The summed E-state index contributed by atoms with van der Waals surface area (Å²) in [6, 6.07) is 17.2. The fraction of sp³-hybridized carbons (Fsp3) is 0.231. The highest BCUT2D eigenvalue weighted by molar-refractivity contribution is 8.00. The van der Waals surface area contributed by atoms with Gasteiger partial charge in [0.25, 0.3) is 0 Å². The van der Waals surface area contributed by atoms with Gasteiger partial charge in [-0.05, 0) is 73.4 Å². The number of aryl methyl sites for hydroxylation is 1. The zero-order chi connectivity index (χ0) is 25.2. The summed E-state index contributed by atoms with van der Waals surface area (Å²) in [6.07, 6.45) is 2.65. The number of benzene rings is 2. The van der Waals surface area contributed by atoms with E-state index in [9.17, 15) is 14.4 Å². The highest BCUT2D eigenvalue weighted by Gasteiger charge is 2.44. The van der Waals surface area contributed by atoms with Crippen LogP contribution in [0.1, 0.15) is 33.6 Å². The SMILES string of the molecule is COC(=O)c1c(N2C(=O)CC(Sc3ccc(NC(=S)Nc4ccccc4)cc3)C2=O)sc2c1CCC2. The Balaban J connectivity index is 1.26. The Morgan fingerprint density at radius 1 is 1.06 bits per heavy atom. The normalized spacial score (nSPS) is 16.7. The van der Waals surface area contributed by atoms with E-state index in [2.05, 4.69) is 10.6 Å². The number of ether oxygens (including phenoxy) is 1. The molecule has 7 nitrogen and oxygen atoms in total. The number of amides is 2. The van der Waals surface area contributed by atoms with Crippen molar-refractivity contribution in [1.82, 2.24) is 0 Å². The average molecular weight is 538 g/mol. The van der Waals surface area contributed by atoms with Gasteiger partial charge in [-0.15, -0.1) is 23.1 Å². The van der Waals surface area contributed by atoms with Crippen molar-refractivity contribution < 1.29 is 19.1 Å². The predicted octanol–water partition coefficient (Wildman–Crippen LogP) is 5.26. The number of thiophene rings is 1. The van der Waals surface area contributed by atoms with Crippen molar-refractivity contribution in [3.63, 3.8) is 0 Å². The summed E-state index contributed by atoms with van der Waals surface area (Å²) in [6.45, 7) is 0. The minimum absolute atomic E-state index is 0.0811. The Kier molecular flexibility index (Phi) is 7.08. The molecule has 0 radical (unpaired) electrons. The van der Waals surface area contributed by atoms with E-state index in [1.165, 1.54) is 35.1 Å². The van der Waals surface area contributed by atoms with Crippen LogP contribution in [0.5, 0.6) is 0 Å². The summed E-state index contributed by atoms with van der Waals surface area (Å²) < 4.78 is 4.98. The maximum Gasteiger partial charge on any atom is 0.341 e. The number of carbonyl (C=O) groups is 3. The number of nitrogens with one attached hydrogen (secondary N) is 2. The lowest BCUT2D eigenvalue weighted by atomic mass is 10.1. The lowest BCUT2D eigenvalue weighted by molar-refractivity contribution is -0.121. The molecule has 2 amide bonds. The van der Waals surface area contributed by atoms with Gasteiger partial charge < -0.3 is 15.4 Å². The Morgan fingerprint density at radius 2 is 1.75 bits per heavy atom. The standard InChI is InChI=1S/C26H23N3O4S3/c1-33-25(32)22-18-8-5-9-19(18)36-24(22)29-21(30)14-20(23(29)31)35-17-12-10-16(11-13-17)28-26(34)27-15-6-3-2-4-7-15/h2-4,6-7,10-13,20H,5,8-9,14H2,1H3,(H2,27,28,34). The number of hydrogen-bond donors (Lipinski definition) is 2. The van der Waals surface area contributed by atoms with Crippen LogP contribution in [0.3, 0.4) is 0 Å². The number of para-hydroxylation sites is 1. The van der Waals surface area contributed by atoms with E-state index in [-0.39, 0.29) is 18.2 Å². The number of carbonyl (C=O) groups excluding carboxylic acids is 3. The first-order valence-electron chi connectivity index (χ1n) is 11.4. The number of thiocarbonyl (C=S) groups is 1. The fourth-order valence-corrected chi connectivity index (χ4v) is 7.05. The maximum absolute atomic E-state index is 13.3. The van der Waals surface area contributed by atoms with E-state index >= 15 is 0 Å².